The summed E-state index contributed by atoms with van der Waals surface area (Å²) in [6.45, 7) is 4.51. The normalized spacial score (nSPS) is 17.9. The van der Waals surface area contributed by atoms with Gasteiger partial charge >= 0.3 is 0 Å². The Morgan fingerprint density at radius 1 is 1.56 bits per heavy atom. The quantitative estimate of drug-likeness (QED) is 0.791. The Hall–Kier alpha value is -0.380. The van der Waals surface area contributed by atoms with Crippen molar-refractivity contribution in [1.82, 2.24) is 4.90 Å². The van der Waals surface area contributed by atoms with Crippen LogP contribution in [0.1, 0.15) is 43.5 Å². The summed E-state index contributed by atoms with van der Waals surface area (Å²) < 4.78 is 0. The van der Waals surface area contributed by atoms with Crippen molar-refractivity contribution in [2.45, 2.75) is 44.7 Å². The van der Waals surface area contributed by atoms with E-state index in [2.05, 4.69) is 29.3 Å². The molecule has 90 valence electrons. The summed E-state index contributed by atoms with van der Waals surface area (Å²) in [4.78, 5) is 3.91. The summed E-state index contributed by atoms with van der Waals surface area (Å²) in [7, 11) is 0. The van der Waals surface area contributed by atoms with Gasteiger partial charge in [0.2, 0.25) is 0 Å². The van der Waals surface area contributed by atoms with Gasteiger partial charge in [0.1, 0.15) is 0 Å². The summed E-state index contributed by atoms with van der Waals surface area (Å²) >= 11 is 1.78. The summed E-state index contributed by atoms with van der Waals surface area (Å²) in [5, 5.41) is 2.11. The first kappa shape index (κ1) is 12.1. The van der Waals surface area contributed by atoms with Crippen LogP contribution in [0, 0.1) is 0 Å². The molecule has 1 heterocycles. The Kier molecular flexibility index (Phi) is 4.38. The first-order chi connectivity index (χ1) is 7.81. The van der Waals surface area contributed by atoms with Crippen LogP contribution in [0.3, 0.4) is 0 Å². The molecule has 2 rings (SSSR count). The van der Waals surface area contributed by atoms with Crippen LogP contribution in [-0.2, 0) is 0 Å². The number of hydrogen-bond acceptors (Lipinski definition) is 3. The highest BCUT2D eigenvalue weighted by Crippen LogP contribution is 2.29. The Labute approximate surface area is 102 Å². The number of nitrogens with two attached hydrogens (primary N) is 1. The van der Waals surface area contributed by atoms with E-state index in [1.807, 2.05) is 0 Å². The van der Waals surface area contributed by atoms with E-state index < -0.39 is 0 Å². The van der Waals surface area contributed by atoms with Crippen molar-refractivity contribution >= 4 is 11.3 Å². The molecule has 1 atom stereocenters. The van der Waals surface area contributed by atoms with Crippen LogP contribution >= 0.6 is 11.3 Å². The number of unbranched alkanes of at least 4 members (excludes halogenated alkanes) is 1. The zero-order valence-corrected chi connectivity index (χ0v) is 10.9. The van der Waals surface area contributed by atoms with E-state index in [1.165, 1.54) is 37.1 Å². The monoisotopic (exact) mass is 238 g/mol. The van der Waals surface area contributed by atoms with E-state index in [4.69, 9.17) is 5.73 Å². The lowest BCUT2D eigenvalue weighted by molar-refractivity contribution is 0.244. The SMILES string of the molecule is CCCCN(CC(N)c1cccs1)C1CC1. The predicted molar refractivity (Wildman–Crippen MR) is 70.8 cm³/mol. The van der Waals surface area contributed by atoms with Gasteiger partial charge in [-0.05, 0) is 37.3 Å². The standard InChI is InChI=1S/C13H22N2S/c1-2-3-8-15(11-6-7-11)10-12(14)13-5-4-9-16-13/h4-5,9,11-12H,2-3,6-8,10,14H2,1H3. The molecule has 0 amide bonds. The van der Waals surface area contributed by atoms with Gasteiger partial charge in [-0.1, -0.05) is 19.4 Å². The third-order valence-corrected chi connectivity index (χ3v) is 4.21. The Morgan fingerprint density at radius 2 is 2.38 bits per heavy atom. The van der Waals surface area contributed by atoms with E-state index in [1.54, 1.807) is 11.3 Å². The van der Waals surface area contributed by atoms with Gasteiger partial charge in [-0.2, -0.15) is 0 Å². The van der Waals surface area contributed by atoms with Crippen molar-refractivity contribution in [3.8, 4) is 0 Å². The van der Waals surface area contributed by atoms with Crippen molar-refractivity contribution < 1.29 is 0 Å². The van der Waals surface area contributed by atoms with Crippen molar-refractivity contribution in [2.75, 3.05) is 13.1 Å². The molecule has 1 unspecified atom stereocenters. The molecule has 1 aromatic heterocycles. The first-order valence-electron chi connectivity index (χ1n) is 6.34. The molecular weight excluding hydrogens is 216 g/mol. The minimum absolute atomic E-state index is 0.206. The molecule has 0 aliphatic heterocycles. The summed E-state index contributed by atoms with van der Waals surface area (Å²) in [5.74, 6) is 0. The minimum atomic E-state index is 0.206. The number of thiophene rings is 1. The van der Waals surface area contributed by atoms with Crippen LogP contribution in [-0.4, -0.2) is 24.0 Å². The van der Waals surface area contributed by atoms with E-state index >= 15 is 0 Å². The van der Waals surface area contributed by atoms with Crippen LogP contribution < -0.4 is 5.73 Å². The Balaban J connectivity index is 1.84. The number of hydrogen-bond donors (Lipinski definition) is 1. The third-order valence-electron chi connectivity index (χ3n) is 3.20. The maximum absolute atomic E-state index is 6.25. The first-order valence-corrected chi connectivity index (χ1v) is 7.22. The average molecular weight is 238 g/mol. The van der Waals surface area contributed by atoms with Gasteiger partial charge in [-0.15, -0.1) is 11.3 Å². The molecule has 1 fully saturated rings. The maximum Gasteiger partial charge on any atom is 0.0519 e. The van der Waals surface area contributed by atoms with E-state index in [-0.39, 0.29) is 6.04 Å². The highest BCUT2D eigenvalue weighted by atomic mass is 32.1. The second-order valence-corrected chi connectivity index (χ2v) is 5.68. The van der Waals surface area contributed by atoms with E-state index in [9.17, 15) is 0 Å². The second kappa shape index (κ2) is 5.80. The Morgan fingerprint density at radius 3 is 2.94 bits per heavy atom. The van der Waals surface area contributed by atoms with Gasteiger partial charge in [0.05, 0.1) is 6.04 Å². The molecule has 2 nitrogen and oxygen atoms in total. The minimum Gasteiger partial charge on any atom is -0.322 e. The molecule has 2 N–H and O–H groups in total. The van der Waals surface area contributed by atoms with Gasteiger partial charge in [-0.3, -0.25) is 4.90 Å². The topological polar surface area (TPSA) is 29.3 Å². The third kappa shape index (κ3) is 3.30. The van der Waals surface area contributed by atoms with Crippen LogP contribution in [0.25, 0.3) is 0 Å². The lowest BCUT2D eigenvalue weighted by atomic mass is 10.2. The lowest BCUT2D eigenvalue weighted by Crippen LogP contribution is -2.34. The lowest BCUT2D eigenvalue weighted by Gasteiger charge is -2.24. The molecule has 1 aliphatic carbocycles. The smallest absolute Gasteiger partial charge is 0.0519 e. The van der Waals surface area contributed by atoms with Crippen LogP contribution in [0.4, 0.5) is 0 Å². The molecule has 0 bridgehead atoms. The van der Waals surface area contributed by atoms with Gasteiger partial charge in [0.25, 0.3) is 0 Å². The van der Waals surface area contributed by atoms with Crippen LogP contribution in [0.2, 0.25) is 0 Å². The van der Waals surface area contributed by atoms with Crippen molar-refractivity contribution in [1.29, 1.82) is 0 Å². The number of nitrogens with zero attached hydrogens (tertiary/aromatic N) is 1. The van der Waals surface area contributed by atoms with Gasteiger partial charge in [0.15, 0.2) is 0 Å². The largest absolute Gasteiger partial charge is 0.322 e. The average Bonchev–Trinajstić information content (AvgIpc) is 2.98. The van der Waals surface area contributed by atoms with Crippen molar-refractivity contribution in [3.63, 3.8) is 0 Å². The molecule has 16 heavy (non-hydrogen) atoms. The molecule has 0 radical (unpaired) electrons. The highest BCUT2D eigenvalue weighted by molar-refractivity contribution is 7.10. The van der Waals surface area contributed by atoms with Crippen LogP contribution in [0.5, 0.6) is 0 Å². The summed E-state index contributed by atoms with van der Waals surface area (Å²) in [6, 6.07) is 5.28. The molecule has 1 aromatic rings. The zero-order chi connectivity index (χ0) is 11.4. The molecule has 3 heteroatoms. The van der Waals surface area contributed by atoms with E-state index in [0.29, 0.717) is 0 Å². The molecule has 0 aromatic carbocycles. The maximum atomic E-state index is 6.25. The molecule has 0 saturated heterocycles. The summed E-state index contributed by atoms with van der Waals surface area (Å²) in [5.41, 5.74) is 6.25. The van der Waals surface area contributed by atoms with Crippen LogP contribution in [0.15, 0.2) is 17.5 Å². The number of rotatable bonds is 7. The Bertz CT molecular complexity index is 293. The van der Waals surface area contributed by atoms with Gasteiger partial charge in [-0.25, -0.2) is 0 Å². The van der Waals surface area contributed by atoms with Gasteiger partial charge < -0.3 is 5.73 Å². The molecule has 1 saturated carbocycles. The zero-order valence-electron chi connectivity index (χ0n) is 10.1. The molecular formula is C13H22N2S. The van der Waals surface area contributed by atoms with Gasteiger partial charge in [0, 0.05) is 17.5 Å². The van der Waals surface area contributed by atoms with Crippen molar-refractivity contribution in [3.05, 3.63) is 22.4 Å². The van der Waals surface area contributed by atoms with E-state index in [0.717, 1.165) is 12.6 Å². The fraction of sp³-hybridized carbons (Fsp3) is 0.692. The second-order valence-electron chi connectivity index (χ2n) is 4.70. The van der Waals surface area contributed by atoms with Crippen molar-refractivity contribution in [2.24, 2.45) is 5.73 Å². The fourth-order valence-corrected chi connectivity index (χ4v) is 2.79. The molecule has 0 spiro atoms. The summed E-state index contributed by atoms with van der Waals surface area (Å²) in [6.07, 6.45) is 5.33. The predicted octanol–water partition coefficient (Wildman–Crippen LogP) is 3.01. The molecule has 1 aliphatic rings. The fourth-order valence-electron chi connectivity index (χ4n) is 2.07. The highest BCUT2D eigenvalue weighted by Gasteiger charge is 2.29.